The second-order valence-corrected chi connectivity index (χ2v) is 11.8. The first kappa shape index (κ1) is 25.6. The molecule has 0 atom stereocenters. The van der Waals surface area contributed by atoms with E-state index in [1.165, 1.54) is 11.8 Å². The highest BCUT2D eigenvalue weighted by molar-refractivity contribution is 7.91. The number of sulfone groups is 1. The standard InChI is InChI=1S/C29H32N2O4S/c1-21(2)19-30(25-9-5-4-6-10-25)29(33)24-8-7-11-27(18-24)31(22(3)32)26-14-16-28(17-15-26)36(34,35)20-23-12-13-23/h4-11,14-18,21,23H,12-13,19-20H2,1-3H3. The second kappa shape index (κ2) is 10.7. The Labute approximate surface area is 213 Å². The Bertz CT molecular complexity index is 1330. The van der Waals surface area contributed by atoms with Crippen LogP contribution in [0.5, 0.6) is 0 Å². The second-order valence-electron chi connectivity index (χ2n) is 9.77. The van der Waals surface area contributed by atoms with Crippen LogP contribution in [0.15, 0.2) is 83.8 Å². The third kappa shape index (κ3) is 6.02. The van der Waals surface area contributed by atoms with Gasteiger partial charge in [-0.05, 0) is 79.3 Å². The number of hydrogen-bond acceptors (Lipinski definition) is 4. The molecule has 0 heterocycles. The zero-order chi connectivity index (χ0) is 25.9. The molecule has 1 fully saturated rings. The van der Waals surface area contributed by atoms with E-state index in [0.29, 0.717) is 23.5 Å². The summed E-state index contributed by atoms with van der Waals surface area (Å²) in [4.78, 5) is 29.7. The van der Waals surface area contributed by atoms with Crippen LogP contribution < -0.4 is 9.80 Å². The lowest BCUT2D eigenvalue weighted by atomic mass is 10.1. The first-order valence-electron chi connectivity index (χ1n) is 12.3. The summed E-state index contributed by atoms with van der Waals surface area (Å²) in [6, 6.07) is 22.9. The summed E-state index contributed by atoms with van der Waals surface area (Å²) in [7, 11) is -3.34. The molecule has 0 unspecified atom stereocenters. The molecule has 3 aromatic carbocycles. The van der Waals surface area contributed by atoms with Gasteiger partial charge in [0.25, 0.3) is 5.91 Å². The Kier molecular flexibility index (Phi) is 7.59. The maximum Gasteiger partial charge on any atom is 0.258 e. The van der Waals surface area contributed by atoms with Crippen molar-refractivity contribution in [1.29, 1.82) is 0 Å². The van der Waals surface area contributed by atoms with Gasteiger partial charge in [-0.2, -0.15) is 0 Å². The van der Waals surface area contributed by atoms with E-state index in [1.807, 2.05) is 30.3 Å². The van der Waals surface area contributed by atoms with Crippen molar-refractivity contribution in [2.75, 3.05) is 22.1 Å². The van der Waals surface area contributed by atoms with Crippen LogP contribution in [-0.4, -0.2) is 32.5 Å². The molecule has 188 valence electrons. The van der Waals surface area contributed by atoms with Gasteiger partial charge in [-0.25, -0.2) is 8.42 Å². The minimum atomic E-state index is -3.34. The normalized spacial score (nSPS) is 13.4. The highest BCUT2D eigenvalue weighted by Crippen LogP contribution is 2.33. The van der Waals surface area contributed by atoms with E-state index in [2.05, 4.69) is 13.8 Å². The number of benzene rings is 3. The van der Waals surface area contributed by atoms with Gasteiger partial charge >= 0.3 is 0 Å². The average Bonchev–Trinajstić information content (AvgIpc) is 3.66. The molecule has 1 aliphatic rings. The molecule has 0 spiro atoms. The van der Waals surface area contributed by atoms with Gasteiger partial charge in [0.15, 0.2) is 9.84 Å². The van der Waals surface area contributed by atoms with Gasteiger partial charge in [0, 0.05) is 36.1 Å². The number of para-hydroxylation sites is 1. The van der Waals surface area contributed by atoms with Crippen LogP contribution in [0.1, 0.15) is 44.0 Å². The van der Waals surface area contributed by atoms with Gasteiger partial charge in [0.05, 0.1) is 10.6 Å². The van der Waals surface area contributed by atoms with Gasteiger partial charge in [-0.3, -0.25) is 14.5 Å². The van der Waals surface area contributed by atoms with Crippen molar-refractivity contribution in [1.82, 2.24) is 0 Å². The van der Waals surface area contributed by atoms with Crippen LogP contribution in [0.3, 0.4) is 0 Å². The van der Waals surface area contributed by atoms with Crippen LogP contribution in [0, 0.1) is 11.8 Å². The minimum Gasteiger partial charge on any atom is -0.308 e. The number of rotatable bonds is 9. The van der Waals surface area contributed by atoms with Crippen LogP contribution in [0.4, 0.5) is 17.1 Å². The lowest BCUT2D eigenvalue weighted by Crippen LogP contribution is -2.34. The smallest absolute Gasteiger partial charge is 0.258 e. The Morgan fingerprint density at radius 2 is 1.50 bits per heavy atom. The molecule has 0 aromatic heterocycles. The zero-order valence-corrected chi connectivity index (χ0v) is 21.7. The van der Waals surface area contributed by atoms with E-state index < -0.39 is 9.84 Å². The molecule has 0 saturated heterocycles. The van der Waals surface area contributed by atoms with Crippen molar-refractivity contribution in [3.63, 3.8) is 0 Å². The SMILES string of the molecule is CC(=O)N(c1ccc(S(=O)(=O)CC2CC2)cc1)c1cccc(C(=O)N(CC(C)C)c2ccccc2)c1. The fraction of sp³-hybridized carbons (Fsp3) is 0.310. The topological polar surface area (TPSA) is 74.8 Å². The minimum absolute atomic E-state index is 0.151. The van der Waals surface area contributed by atoms with E-state index >= 15 is 0 Å². The monoisotopic (exact) mass is 504 g/mol. The number of carbonyl (C=O) groups is 2. The molecule has 0 radical (unpaired) electrons. The third-order valence-electron chi connectivity index (χ3n) is 6.13. The van der Waals surface area contributed by atoms with Gasteiger partial charge in [0.2, 0.25) is 5.91 Å². The highest BCUT2D eigenvalue weighted by atomic mass is 32.2. The van der Waals surface area contributed by atoms with E-state index in [0.717, 1.165) is 18.5 Å². The number of nitrogens with zero attached hydrogens (tertiary/aromatic N) is 2. The van der Waals surface area contributed by atoms with E-state index in [-0.39, 0.29) is 34.3 Å². The molecule has 2 amide bonds. The Morgan fingerprint density at radius 1 is 0.861 bits per heavy atom. The maximum absolute atomic E-state index is 13.6. The largest absolute Gasteiger partial charge is 0.308 e. The van der Waals surface area contributed by atoms with Crippen LogP contribution in [0.2, 0.25) is 0 Å². The summed E-state index contributed by atoms with van der Waals surface area (Å²) < 4.78 is 25.2. The first-order chi connectivity index (χ1) is 17.2. The molecule has 0 bridgehead atoms. The molecule has 36 heavy (non-hydrogen) atoms. The summed E-state index contributed by atoms with van der Waals surface area (Å²) in [6.45, 7) is 6.12. The third-order valence-corrected chi connectivity index (χ3v) is 8.03. The number of hydrogen-bond donors (Lipinski definition) is 0. The first-order valence-corrected chi connectivity index (χ1v) is 13.9. The Morgan fingerprint density at radius 3 is 2.08 bits per heavy atom. The van der Waals surface area contributed by atoms with Gasteiger partial charge in [-0.15, -0.1) is 0 Å². The average molecular weight is 505 g/mol. The quantitative estimate of drug-likeness (QED) is 0.366. The molecule has 7 heteroatoms. The molecule has 6 nitrogen and oxygen atoms in total. The van der Waals surface area contributed by atoms with Crippen molar-refractivity contribution in [2.45, 2.75) is 38.5 Å². The summed E-state index contributed by atoms with van der Waals surface area (Å²) >= 11 is 0. The number of carbonyl (C=O) groups excluding carboxylic acids is 2. The molecule has 0 N–H and O–H groups in total. The van der Waals surface area contributed by atoms with Gasteiger partial charge < -0.3 is 4.90 Å². The molecule has 4 rings (SSSR count). The van der Waals surface area contributed by atoms with Crippen molar-refractivity contribution in [3.05, 3.63) is 84.4 Å². The predicted octanol–water partition coefficient (Wildman–Crippen LogP) is 5.86. The zero-order valence-electron chi connectivity index (χ0n) is 20.9. The van der Waals surface area contributed by atoms with Crippen LogP contribution >= 0.6 is 0 Å². The number of anilines is 3. The molecule has 1 aliphatic carbocycles. The van der Waals surface area contributed by atoms with Crippen molar-refractivity contribution >= 4 is 38.7 Å². The van der Waals surface area contributed by atoms with E-state index in [4.69, 9.17) is 0 Å². The number of amides is 2. The lowest BCUT2D eigenvalue weighted by molar-refractivity contribution is -0.115. The highest BCUT2D eigenvalue weighted by Gasteiger charge is 2.29. The maximum atomic E-state index is 13.6. The fourth-order valence-electron chi connectivity index (χ4n) is 4.22. The van der Waals surface area contributed by atoms with Crippen molar-refractivity contribution in [2.24, 2.45) is 11.8 Å². The molecule has 0 aliphatic heterocycles. The summed E-state index contributed by atoms with van der Waals surface area (Å²) in [6.07, 6.45) is 1.92. The molecule has 3 aromatic rings. The van der Waals surface area contributed by atoms with E-state index in [9.17, 15) is 18.0 Å². The molecule has 1 saturated carbocycles. The fourth-order valence-corrected chi connectivity index (χ4v) is 5.92. The van der Waals surface area contributed by atoms with Crippen LogP contribution in [0.25, 0.3) is 0 Å². The van der Waals surface area contributed by atoms with Gasteiger partial charge in [0.1, 0.15) is 0 Å². The Balaban J connectivity index is 1.63. The van der Waals surface area contributed by atoms with E-state index in [1.54, 1.807) is 53.4 Å². The lowest BCUT2D eigenvalue weighted by Gasteiger charge is -2.26. The summed E-state index contributed by atoms with van der Waals surface area (Å²) in [5.74, 6) is 0.300. The molecular weight excluding hydrogens is 472 g/mol. The summed E-state index contributed by atoms with van der Waals surface area (Å²) in [5, 5.41) is 0. The van der Waals surface area contributed by atoms with Crippen LogP contribution in [-0.2, 0) is 14.6 Å². The predicted molar refractivity (Wildman–Crippen MR) is 143 cm³/mol. The van der Waals surface area contributed by atoms with Crippen molar-refractivity contribution < 1.29 is 18.0 Å². The van der Waals surface area contributed by atoms with Gasteiger partial charge in [-0.1, -0.05) is 38.1 Å². The Hall–Kier alpha value is -3.45. The molecular formula is C29H32N2O4S. The van der Waals surface area contributed by atoms with Crippen molar-refractivity contribution in [3.8, 4) is 0 Å². The summed E-state index contributed by atoms with van der Waals surface area (Å²) in [5.41, 5.74) is 2.36.